The van der Waals surface area contributed by atoms with Crippen LogP contribution in [-0.4, -0.2) is 0 Å². The van der Waals surface area contributed by atoms with E-state index in [-0.39, 0.29) is 0 Å². The maximum atomic E-state index is 5.33. The average Bonchev–Trinajstić information content (AvgIpc) is 2.54. The van der Waals surface area contributed by atoms with Crippen LogP contribution in [0.1, 0.15) is 5.56 Å². The predicted molar refractivity (Wildman–Crippen MR) is 57.7 cm³/mol. The van der Waals surface area contributed by atoms with Gasteiger partial charge in [-0.2, -0.15) is 5.53 Å². The Bertz CT molecular complexity index is 498. The molecule has 3 rings (SSSR count). The number of nitrogens with one attached hydrogen (secondary N) is 3. The van der Waals surface area contributed by atoms with Crippen molar-refractivity contribution in [2.75, 3.05) is 0 Å². The van der Waals surface area contributed by atoms with Gasteiger partial charge in [-0.3, -0.25) is 0 Å². The van der Waals surface area contributed by atoms with E-state index < -0.39 is 0 Å². The minimum absolute atomic E-state index is 0.726. The maximum absolute atomic E-state index is 5.33. The SMILES string of the molecule is c1ccc2c3c(ccc2c1)ONNNC3. The highest BCUT2D eigenvalue weighted by molar-refractivity contribution is 5.87. The fourth-order valence-corrected chi connectivity index (χ4v) is 1.84. The van der Waals surface area contributed by atoms with E-state index in [9.17, 15) is 0 Å². The molecule has 2 aromatic carbocycles. The van der Waals surface area contributed by atoms with Gasteiger partial charge in [0.15, 0.2) is 5.75 Å². The van der Waals surface area contributed by atoms with Crippen LogP contribution in [0.4, 0.5) is 0 Å². The molecular formula is C11H11N3O. The summed E-state index contributed by atoms with van der Waals surface area (Å²) in [5.74, 6) is 0.853. The molecule has 0 aliphatic carbocycles. The van der Waals surface area contributed by atoms with Gasteiger partial charge in [-0.25, -0.2) is 5.43 Å². The molecule has 0 atom stereocenters. The Labute approximate surface area is 87.1 Å². The quantitative estimate of drug-likeness (QED) is 0.600. The summed E-state index contributed by atoms with van der Waals surface area (Å²) < 4.78 is 0. The molecule has 0 bridgehead atoms. The van der Waals surface area contributed by atoms with E-state index in [0.29, 0.717) is 0 Å². The first-order chi connectivity index (χ1) is 7.45. The number of hydrazine groups is 2. The van der Waals surface area contributed by atoms with Crippen molar-refractivity contribution < 1.29 is 4.84 Å². The molecule has 0 saturated heterocycles. The van der Waals surface area contributed by atoms with Crippen LogP contribution < -0.4 is 21.4 Å². The molecule has 76 valence electrons. The summed E-state index contributed by atoms with van der Waals surface area (Å²) in [6, 6.07) is 12.3. The predicted octanol–water partition coefficient (Wildman–Crippen LogP) is 1.25. The number of benzene rings is 2. The van der Waals surface area contributed by atoms with Gasteiger partial charge in [0.05, 0.1) is 0 Å². The smallest absolute Gasteiger partial charge is 0.154 e. The number of hydrogen-bond acceptors (Lipinski definition) is 4. The summed E-state index contributed by atoms with van der Waals surface area (Å²) in [5, 5.41) is 2.44. The van der Waals surface area contributed by atoms with Gasteiger partial charge < -0.3 is 4.84 Å². The minimum atomic E-state index is 0.726. The normalized spacial score (nSPS) is 15.5. The second-order valence-electron chi connectivity index (χ2n) is 3.45. The molecule has 0 saturated carbocycles. The molecule has 1 heterocycles. The van der Waals surface area contributed by atoms with Crippen LogP contribution >= 0.6 is 0 Å². The number of hydrogen-bond donors (Lipinski definition) is 3. The fraction of sp³-hybridized carbons (Fsp3) is 0.0909. The summed E-state index contributed by atoms with van der Waals surface area (Å²) in [6.07, 6.45) is 0. The molecule has 4 heteroatoms. The molecule has 0 radical (unpaired) electrons. The van der Waals surface area contributed by atoms with Crippen molar-refractivity contribution >= 4 is 10.8 Å². The molecule has 0 amide bonds. The zero-order valence-electron chi connectivity index (χ0n) is 8.08. The van der Waals surface area contributed by atoms with Crippen LogP contribution in [0.3, 0.4) is 0 Å². The van der Waals surface area contributed by atoms with Crippen molar-refractivity contribution in [1.29, 1.82) is 0 Å². The Morgan fingerprint density at radius 2 is 2.00 bits per heavy atom. The van der Waals surface area contributed by atoms with Gasteiger partial charge in [-0.1, -0.05) is 35.9 Å². The van der Waals surface area contributed by atoms with Gasteiger partial charge >= 0.3 is 0 Å². The zero-order valence-corrected chi connectivity index (χ0v) is 8.08. The lowest BCUT2D eigenvalue weighted by molar-refractivity contribution is 0.139. The third kappa shape index (κ3) is 1.45. The van der Waals surface area contributed by atoms with E-state index in [0.717, 1.165) is 17.9 Å². The Morgan fingerprint density at radius 3 is 3.00 bits per heavy atom. The lowest BCUT2D eigenvalue weighted by atomic mass is 10.0. The Hall–Kier alpha value is -1.62. The van der Waals surface area contributed by atoms with Gasteiger partial charge in [0.2, 0.25) is 0 Å². The molecule has 1 aliphatic rings. The van der Waals surface area contributed by atoms with Crippen LogP contribution in [-0.2, 0) is 6.54 Å². The average molecular weight is 201 g/mol. The van der Waals surface area contributed by atoms with Crippen LogP contribution in [0.25, 0.3) is 10.8 Å². The van der Waals surface area contributed by atoms with Gasteiger partial charge in [-0.05, 0) is 16.8 Å². The van der Waals surface area contributed by atoms with Gasteiger partial charge in [0.1, 0.15) is 0 Å². The summed E-state index contributed by atoms with van der Waals surface area (Å²) in [6.45, 7) is 0.726. The molecular weight excluding hydrogens is 190 g/mol. The van der Waals surface area contributed by atoms with Crippen LogP contribution in [0.5, 0.6) is 5.75 Å². The monoisotopic (exact) mass is 201 g/mol. The highest BCUT2D eigenvalue weighted by Gasteiger charge is 2.10. The van der Waals surface area contributed by atoms with Crippen molar-refractivity contribution in [2.24, 2.45) is 0 Å². The second-order valence-corrected chi connectivity index (χ2v) is 3.45. The topological polar surface area (TPSA) is 45.3 Å². The summed E-state index contributed by atoms with van der Waals surface area (Å²) >= 11 is 0. The highest BCUT2D eigenvalue weighted by atomic mass is 16.7. The molecule has 2 aromatic rings. The third-order valence-electron chi connectivity index (χ3n) is 2.56. The first-order valence-corrected chi connectivity index (χ1v) is 4.85. The fourth-order valence-electron chi connectivity index (χ4n) is 1.84. The summed E-state index contributed by atoms with van der Waals surface area (Å²) in [5.41, 5.74) is 9.51. The van der Waals surface area contributed by atoms with Gasteiger partial charge in [0.25, 0.3) is 0 Å². The minimum Gasteiger partial charge on any atom is -0.392 e. The van der Waals surface area contributed by atoms with E-state index in [4.69, 9.17) is 4.84 Å². The molecule has 0 fully saturated rings. The summed E-state index contributed by atoms with van der Waals surface area (Å²) in [4.78, 5) is 5.33. The Balaban J connectivity index is 2.27. The lowest BCUT2D eigenvalue weighted by Gasteiger charge is -2.08. The van der Waals surface area contributed by atoms with Gasteiger partial charge in [0, 0.05) is 12.1 Å². The third-order valence-corrected chi connectivity index (χ3v) is 2.56. The Morgan fingerprint density at radius 1 is 1.07 bits per heavy atom. The Kier molecular flexibility index (Phi) is 2.03. The highest BCUT2D eigenvalue weighted by Crippen LogP contribution is 2.27. The van der Waals surface area contributed by atoms with E-state index >= 15 is 0 Å². The zero-order chi connectivity index (χ0) is 10.1. The lowest BCUT2D eigenvalue weighted by Crippen LogP contribution is -2.42. The molecule has 0 unspecified atom stereocenters. The van der Waals surface area contributed by atoms with Crippen molar-refractivity contribution in [2.45, 2.75) is 6.54 Å². The second kappa shape index (κ2) is 3.51. The van der Waals surface area contributed by atoms with E-state index in [1.807, 2.05) is 18.2 Å². The van der Waals surface area contributed by atoms with E-state index in [2.05, 4.69) is 34.7 Å². The summed E-state index contributed by atoms with van der Waals surface area (Å²) in [7, 11) is 0. The van der Waals surface area contributed by atoms with Crippen LogP contribution in [0.15, 0.2) is 36.4 Å². The number of rotatable bonds is 0. The van der Waals surface area contributed by atoms with E-state index in [1.54, 1.807) is 0 Å². The first-order valence-electron chi connectivity index (χ1n) is 4.85. The first kappa shape index (κ1) is 8.67. The van der Waals surface area contributed by atoms with Crippen molar-refractivity contribution in [1.82, 2.24) is 16.5 Å². The van der Waals surface area contributed by atoms with Crippen LogP contribution in [0, 0.1) is 0 Å². The van der Waals surface area contributed by atoms with Crippen LogP contribution in [0.2, 0.25) is 0 Å². The molecule has 4 nitrogen and oxygen atoms in total. The van der Waals surface area contributed by atoms with Crippen molar-refractivity contribution in [3.8, 4) is 5.75 Å². The molecule has 15 heavy (non-hydrogen) atoms. The molecule has 0 aromatic heterocycles. The molecule has 3 N–H and O–H groups in total. The number of fused-ring (bicyclic) bond motifs is 3. The standard InChI is InChI=1S/C11H11N3O/c1-2-4-9-8(3-1)5-6-11-10(9)7-12-13-14-15-11/h1-6,12-14H,7H2. The largest absolute Gasteiger partial charge is 0.392 e. The maximum Gasteiger partial charge on any atom is 0.154 e. The molecule has 1 aliphatic heterocycles. The van der Waals surface area contributed by atoms with Crippen molar-refractivity contribution in [3.05, 3.63) is 42.0 Å². The van der Waals surface area contributed by atoms with Crippen molar-refractivity contribution in [3.63, 3.8) is 0 Å². The molecule has 0 spiro atoms. The van der Waals surface area contributed by atoms with Gasteiger partial charge in [-0.15, -0.1) is 0 Å². The van der Waals surface area contributed by atoms with E-state index in [1.165, 1.54) is 10.8 Å².